The second-order valence-electron chi connectivity index (χ2n) is 6.10. The molecular formula is C20H19ClN4O. The van der Waals surface area contributed by atoms with Gasteiger partial charge in [0.15, 0.2) is 0 Å². The summed E-state index contributed by atoms with van der Waals surface area (Å²) in [6.45, 7) is 5.68. The Kier molecular flexibility index (Phi) is 5.19. The molecule has 0 fully saturated rings. The maximum absolute atomic E-state index is 12.7. The summed E-state index contributed by atoms with van der Waals surface area (Å²) in [6.07, 6.45) is 0. The number of aromatic nitrogens is 2. The summed E-state index contributed by atoms with van der Waals surface area (Å²) in [5.41, 5.74) is 4.34. The van der Waals surface area contributed by atoms with Gasteiger partial charge in [-0.25, -0.2) is 9.97 Å². The van der Waals surface area contributed by atoms with Crippen molar-refractivity contribution in [3.8, 4) is 0 Å². The zero-order valence-electron chi connectivity index (χ0n) is 14.8. The third kappa shape index (κ3) is 4.18. The number of carbonyl (C=O) groups is 1. The fraction of sp³-hybridized carbons (Fsp3) is 0.150. The number of nitrogens with one attached hydrogen (secondary N) is 2. The van der Waals surface area contributed by atoms with Gasteiger partial charge in [-0.2, -0.15) is 0 Å². The van der Waals surface area contributed by atoms with Gasteiger partial charge in [-0.15, -0.1) is 0 Å². The van der Waals surface area contributed by atoms with Crippen LogP contribution in [0.1, 0.15) is 27.3 Å². The highest BCUT2D eigenvalue weighted by atomic mass is 35.5. The molecule has 0 radical (unpaired) electrons. The molecule has 0 saturated carbocycles. The van der Waals surface area contributed by atoms with Crippen molar-refractivity contribution in [3.05, 3.63) is 76.1 Å². The topological polar surface area (TPSA) is 66.9 Å². The Labute approximate surface area is 157 Å². The lowest BCUT2D eigenvalue weighted by atomic mass is 10.1. The quantitative estimate of drug-likeness (QED) is 0.678. The number of carbonyl (C=O) groups excluding carboxylic acids is 1. The Bertz CT molecular complexity index is 934. The number of para-hydroxylation sites is 1. The van der Waals surface area contributed by atoms with Crippen LogP contribution in [0.5, 0.6) is 0 Å². The van der Waals surface area contributed by atoms with Crippen molar-refractivity contribution in [2.75, 3.05) is 10.6 Å². The van der Waals surface area contributed by atoms with Crippen LogP contribution in [0.2, 0.25) is 5.02 Å². The lowest BCUT2D eigenvalue weighted by Gasteiger charge is -2.12. The highest BCUT2D eigenvalue weighted by molar-refractivity contribution is 6.34. The summed E-state index contributed by atoms with van der Waals surface area (Å²) < 4.78 is 0. The minimum Gasteiger partial charge on any atom is -0.324 e. The van der Waals surface area contributed by atoms with Gasteiger partial charge in [-0.1, -0.05) is 35.9 Å². The molecule has 3 aromatic rings. The van der Waals surface area contributed by atoms with Crippen LogP contribution in [0.15, 0.2) is 48.5 Å². The fourth-order valence-electron chi connectivity index (χ4n) is 2.64. The van der Waals surface area contributed by atoms with Gasteiger partial charge in [-0.05, 0) is 56.2 Å². The molecule has 0 bridgehead atoms. The molecule has 6 heteroatoms. The number of nitrogens with zero attached hydrogens (tertiary/aromatic N) is 2. The number of benzene rings is 2. The van der Waals surface area contributed by atoms with Crippen molar-refractivity contribution >= 4 is 34.8 Å². The number of halogens is 1. The van der Waals surface area contributed by atoms with E-state index in [2.05, 4.69) is 20.6 Å². The minimum absolute atomic E-state index is 0.270. The molecule has 3 rings (SSSR count). The second kappa shape index (κ2) is 7.54. The van der Waals surface area contributed by atoms with E-state index in [9.17, 15) is 4.79 Å². The van der Waals surface area contributed by atoms with Crippen LogP contribution >= 0.6 is 11.6 Å². The fourth-order valence-corrected chi connectivity index (χ4v) is 3.01. The van der Waals surface area contributed by atoms with Crippen molar-refractivity contribution in [2.24, 2.45) is 0 Å². The average molecular weight is 367 g/mol. The summed E-state index contributed by atoms with van der Waals surface area (Å²) in [6, 6.07) is 15.0. The molecule has 2 N–H and O–H groups in total. The Morgan fingerprint density at radius 2 is 1.73 bits per heavy atom. The van der Waals surface area contributed by atoms with Gasteiger partial charge in [-0.3, -0.25) is 4.79 Å². The lowest BCUT2D eigenvalue weighted by Crippen LogP contribution is -2.16. The van der Waals surface area contributed by atoms with Crippen LogP contribution in [-0.4, -0.2) is 15.9 Å². The highest BCUT2D eigenvalue weighted by Crippen LogP contribution is 2.27. The van der Waals surface area contributed by atoms with Crippen LogP contribution in [0.4, 0.5) is 17.3 Å². The maximum atomic E-state index is 12.7. The Morgan fingerprint density at radius 1 is 1.00 bits per heavy atom. The predicted octanol–water partition coefficient (Wildman–Crippen LogP) is 5.05. The number of amides is 1. The normalized spacial score (nSPS) is 10.5. The van der Waals surface area contributed by atoms with E-state index in [1.807, 2.05) is 63.2 Å². The van der Waals surface area contributed by atoms with Gasteiger partial charge < -0.3 is 10.6 Å². The largest absolute Gasteiger partial charge is 0.324 e. The third-order valence-corrected chi connectivity index (χ3v) is 4.09. The summed E-state index contributed by atoms with van der Waals surface area (Å²) in [4.78, 5) is 21.3. The van der Waals surface area contributed by atoms with Crippen LogP contribution in [-0.2, 0) is 0 Å². The van der Waals surface area contributed by atoms with E-state index in [0.717, 1.165) is 16.8 Å². The van der Waals surface area contributed by atoms with Gasteiger partial charge in [0.25, 0.3) is 5.91 Å². The molecular weight excluding hydrogens is 348 g/mol. The van der Waals surface area contributed by atoms with Crippen LogP contribution < -0.4 is 10.6 Å². The van der Waals surface area contributed by atoms with Crippen molar-refractivity contribution in [1.29, 1.82) is 0 Å². The van der Waals surface area contributed by atoms with Crippen molar-refractivity contribution in [1.82, 2.24) is 9.97 Å². The van der Waals surface area contributed by atoms with E-state index in [-0.39, 0.29) is 11.6 Å². The molecule has 0 atom stereocenters. The number of aryl methyl sites for hydroxylation is 3. The molecule has 0 aliphatic heterocycles. The first kappa shape index (κ1) is 17.9. The SMILES string of the molecule is Cc1cc(C)c(NC(=O)c2cc(C)nc(Nc3ccccc3)n2)c(Cl)c1. The Balaban J connectivity index is 1.86. The van der Waals surface area contributed by atoms with Crippen LogP contribution in [0, 0.1) is 20.8 Å². The molecule has 0 aliphatic carbocycles. The maximum Gasteiger partial charge on any atom is 0.274 e. The highest BCUT2D eigenvalue weighted by Gasteiger charge is 2.14. The van der Waals surface area contributed by atoms with E-state index in [1.165, 1.54) is 0 Å². The summed E-state index contributed by atoms with van der Waals surface area (Å²) >= 11 is 6.28. The molecule has 0 aliphatic rings. The van der Waals surface area contributed by atoms with Crippen molar-refractivity contribution in [3.63, 3.8) is 0 Å². The molecule has 2 aromatic carbocycles. The molecule has 5 nitrogen and oxygen atoms in total. The van der Waals surface area contributed by atoms with Gasteiger partial charge in [0.1, 0.15) is 5.69 Å². The monoisotopic (exact) mass is 366 g/mol. The van der Waals surface area contributed by atoms with Crippen molar-refractivity contribution < 1.29 is 4.79 Å². The first-order valence-electron chi connectivity index (χ1n) is 8.18. The van der Waals surface area contributed by atoms with Gasteiger partial charge in [0, 0.05) is 11.4 Å². The molecule has 0 saturated heterocycles. The Morgan fingerprint density at radius 3 is 2.42 bits per heavy atom. The van der Waals surface area contributed by atoms with E-state index in [0.29, 0.717) is 22.4 Å². The number of hydrogen-bond acceptors (Lipinski definition) is 4. The molecule has 1 aromatic heterocycles. The second-order valence-corrected chi connectivity index (χ2v) is 6.51. The average Bonchev–Trinajstić information content (AvgIpc) is 2.58. The lowest BCUT2D eigenvalue weighted by molar-refractivity contribution is 0.102. The van der Waals surface area contributed by atoms with Crippen molar-refractivity contribution in [2.45, 2.75) is 20.8 Å². The first-order chi connectivity index (χ1) is 12.4. The number of anilines is 3. The first-order valence-corrected chi connectivity index (χ1v) is 8.56. The van der Waals surface area contributed by atoms with Crippen LogP contribution in [0.3, 0.4) is 0 Å². The smallest absolute Gasteiger partial charge is 0.274 e. The van der Waals surface area contributed by atoms with E-state index in [4.69, 9.17) is 11.6 Å². The minimum atomic E-state index is -0.333. The zero-order valence-corrected chi connectivity index (χ0v) is 15.6. The molecule has 1 amide bonds. The van der Waals surface area contributed by atoms with E-state index < -0.39 is 0 Å². The summed E-state index contributed by atoms with van der Waals surface area (Å²) in [5, 5.41) is 6.46. The molecule has 0 unspecified atom stereocenters. The van der Waals surface area contributed by atoms with E-state index in [1.54, 1.807) is 6.07 Å². The molecule has 1 heterocycles. The molecule has 0 spiro atoms. The predicted molar refractivity (Wildman–Crippen MR) is 105 cm³/mol. The molecule has 132 valence electrons. The summed E-state index contributed by atoms with van der Waals surface area (Å²) in [5.74, 6) is 0.0357. The third-order valence-electron chi connectivity index (χ3n) is 3.79. The van der Waals surface area contributed by atoms with Gasteiger partial charge >= 0.3 is 0 Å². The zero-order chi connectivity index (χ0) is 18.7. The van der Waals surface area contributed by atoms with Gasteiger partial charge in [0.05, 0.1) is 10.7 Å². The standard InChI is InChI=1S/C20H19ClN4O/c1-12-9-13(2)18(16(21)10-12)25-19(26)17-11-14(3)22-20(24-17)23-15-7-5-4-6-8-15/h4-11H,1-3H3,(H,25,26)(H,22,23,24). The van der Waals surface area contributed by atoms with E-state index >= 15 is 0 Å². The molecule has 26 heavy (non-hydrogen) atoms. The van der Waals surface area contributed by atoms with Crippen LogP contribution in [0.25, 0.3) is 0 Å². The Hall–Kier alpha value is -2.92. The number of rotatable bonds is 4. The summed E-state index contributed by atoms with van der Waals surface area (Å²) in [7, 11) is 0. The van der Waals surface area contributed by atoms with Gasteiger partial charge in [0.2, 0.25) is 5.95 Å². The number of hydrogen-bond donors (Lipinski definition) is 2.